The van der Waals surface area contributed by atoms with Gasteiger partial charge >= 0.3 is 0 Å². The van der Waals surface area contributed by atoms with Gasteiger partial charge in [-0.05, 0) is 159 Å². The largest absolute Gasteiger partial charge is 0.456 e. The number of rotatable bonds is 5. The molecule has 30 aromatic rings. The number of hydrogen-bond donors (Lipinski definition) is 0. The lowest BCUT2D eigenvalue weighted by Gasteiger charge is -2.05. The first-order valence-corrected chi connectivity index (χ1v) is 50.4. The molecule has 15 aromatic carbocycles. The summed E-state index contributed by atoms with van der Waals surface area (Å²) in [5.41, 5.74) is 29.0. The van der Waals surface area contributed by atoms with E-state index in [1.54, 1.807) is 0 Å². The molecule has 0 fully saturated rings. The van der Waals surface area contributed by atoms with Crippen molar-refractivity contribution in [3.05, 3.63) is 392 Å². The van der Waals surface area contributed by atoms with Crippen molar-refractivity contribution in [1.82, 2.24) is 0 Å². The van der Waals surface area contributed by atoms with Crippen LogP contribution in [0.2, 0.25) is 0 Å². The van der Waals surface area contributed by atoms with Crippen molar-refractivity contribution in [2.75, 3.05) is 0 Å². The first kappa shape index (κ1) is 84.3. The van der Waals surface area contributed by atoms with Gasteiger partial charge in [0.15, 0.2) is 31.0 Å². The second kappa shape index (κ2) is 33.3. The van der Waals surface area contributed by atoms with Gasteiger partial charge in [0.05, 0.1) is 42.6 Å². The van der Waals surface area contributed by atoms with Crippen molar-refractivity contribution in [3.8, 4) is 56.3 Å². The summed E-state index contributed by atoms with van der Waals surface area (Å²) >= 11 is 7.69. The van der Waals surface area contributed by atoms with E-state index in [0.717, 1.165) is 149 Å². The van der Waals surface area contributed by atoms with Gasteiger partial charge in [-0.25, -0.2) is 0 Å². The molecule has 0 aliphatic heterocycles. The fourth-order valence-corrected chi connectivity index (χ4v) is 26.8. The fraction of sp³-hybridized carbons (Fsp3) is 0.0800. The standard InChI is InChI=1S/3C25H18NO2.2C25H18NS2/c1-15-7-3-4-8-16(15)24-25-18(11-12-26(24)2)20-13-19-17-9-5-6-10-21(17)27-22(19)14-23(20)28-25;1-15-7-3-4-8-16(15)24-25-18(13-14-26(24)2)23-21(28-25)12-11-20-22(23)17-9-5-6-10-19(17)27-20;1-15-7-3-4-8-16(15)23-25-19(13-14-26(23)2)22-21(28-25)12-11-18-17-9-5-6-10-20(17)27-24(18)22;1-15-7-3-4-8-16(15)23-25-18(13-14-26(23)2)17-11-12-21-22(24(17)28-25)19-9-5-6-10-20(19)27-21;1-15-7-3-4-8-16(15)22-23-20(13-14-26(22)2)19-12-11-18-17-9-5-6-10-21(17)27-24(18)25(19)28-23/h5*3-14H,1-2H3/q5*+1. The summed E-state index contributed by atoms with van der Waals surface area (Å²) in [5, 5.41) is 24.3. The molecule has 0 radical (unpaired) electrons. The molecule has 0 unspecified atom stereocenters. The van der Waals surface area contributed by atoms with Crippen LogP contribution in [-0.4, -0.2) is 0 Å². The Bertz CT molecular complexity index is 10300. The highest BCUT2D eigenvalue weighted by Crippen LogP contribution is 2.51. The Morgan fingerprint density at radius 1 is 0.171 bits per heavy atom. The zero-order valence-electron chi connectivity index (χ0n) is 78.5. The predicted molar refractivity (Wildman–Crippen MR) is 584 cm³/mol. The second-order valence-corrected chi connectivity index (χ2v) is 40.9. The van der Waals surface area contributed by atoms with Gasteiger partial charge in [-0.3, -0.25) is 0 Å². The van der Waals surface area contributed by atoms with E-state index in [1.807, 2.05) is 112 Å². The Kier molecular flexibility index (Phi) is 20.0. The van der Waals surface area contributed by atoms with Gasteiger partial charge in [0.2, 0.25) is 28.1 Å². The van der Waals surface area contributed by atoms with E-state index >= 15 is 0 Å². The molecular weight excluding hydrogens is 1800 g/mol. The van der Waals surface area contributed by atoms with Gasteiger partial charge in [0, 0.05) is 158 Å². The van der Waals surface area contributed by atoms with E-state index in [9.17, 15) is 0 Å². The first-order valence-electron chi connectivity index (χ1n) is 47.2. The molecule has 30 rings (SSSR count). The summed E-state index contributed by atoms with van der Waals surface area (Å²) in [6.07, 6.45) is 10.7. The van der Waals surface area contributed by atoms with Crippen molar-refractivity contribution in [3.63, 3.8) is 0 Å². The minimum absolute atomic E-state index is 0.850. The number of nitrogens with zero attached hydrogens (tertiary/aromatic N) is 5. The summed E-state index contributed by atoms with van der Waals surface area (Å²) in [6.45, 7) is 10.8. The monoisotopic (exact) mass is 1880 g/mol. The van der Waals surface area contributed by atoms with Crippen LogP contribution >= 0.6 is 45.3 Å². The van der Waals surface area contributed by atoms with Crippen LogP contribution < -0.4 is 22.8 Å². The van der Waals surface area contributed by atoms with Crippen LogP contribution in [0.25, 0.3) is 269 Å². The molecule has 0 saturated carbocycles. The third-order valence-electron chi connectivity index (χ3n) is 28.3. The molecule has 0 spiro atoms. The zero-order valence-corrected chi connectivity index (χ0v) is 81.7. The number of hydrogen-bond acceptors (Lipinski definition) is 10. The van der Waals surface area contributed by atoms with E-state index in [0.29, 0.717) is 0 Å². The fourth-order valence-electron chi connectivity index (χ4n) is 21.4. The molecule has 0 amide bonds. The maximum atomic E-state index is 6.44. The van der Waals surface area contributed by atoms with Gasteiger partial charge in [-0.2, -0.15) is 22.8 Å². The lowest BCUT2D eigenvalue weighted by Crippen LogP contribution is -2.30. The normalized spacial score (nSPS) is 11.9. The summed E-state index contributed by atoms with van der Waals surface area (Å²) in [4.78, 5) is 0. The van der Waals surface area contributed by atoms with Crippen molar-refractivity contribution < 1.29 is 49.3 Å². The maximum Gasteiger partial charge on any atom is 0.256 e. The lowest BCUT2D eigenvalue weighted by atomic mass is 10.0. The van der Waals surface area contributed by atoms with Gasteiger partial charge in [0.25, 0.3) is 17.1 Å². The third kappa shape index (κ3) is 13.5. The molecule has 0 saturated heterocycles. The molecule has 15 aromatic heterocycles. The van der Waals surface area contributed by atoms with Gasteiger partial charge < -0.3 is 26.5 Å². The van der Waals surface area contributed by atoms with E-state index in [1.165, 1.54) is 148 Å². The minimum Gasteiger partial charge on any atom is -0.456 e. The number of pyridine rings is 5. The van der Waals surface area contributed by atoms with Crippen molar-refractivity contribution >= 4 is 258 Å². The molecule has 0 N–H and O–H groups in total. The van der Waals surface area contributed by atoms with E-state index in [2.05, 4.69) is 391 Å². The van der Waals surface area contributed by atoms with E-state index < -0.39 is 0 Å². The smallest absolute Gasteiger partial charge is 0.256 e. The highest BCUT2D eigenvalue weighted by molar-refractivity contribution is 7.34. The molecule has 0 aliphatic carbocycles. The Hall–Kier alpha value is -16.3. The first-order chi connectivity index (χ1) is 68.6. The van der Waals surface area contributed by atoms with Crippen LogP contribution in [0.15, 0.2) is 391 Å². The minimum atomic E-state index is 0.850. The average molecular weight is 1890 g/mol. The zero-order chi connectivity index (χ0) is 94.1. The topological polar surface area (TPSA) is 98.2 Å². The second-order valence-electron chi connectivity index (χ2n) is 36.8. The number of aromatic nitrogens is 5. The quantitative estimate of drug-likeness (QED) is 0.159. The molecule has 11 nitrogen and oxygen atoms in total. The molecule has 15 heteroatoms. The lowest BCUT2D eigenvalue weighted by molar-refractivity contribution is -0.659. The van der Waals surface area contributed by atoms with Crippen molar-refractivity contribution in [2.45, 2.75) is 34.6 Å². The molecule has 0 atom stereocenters. The predicted octanol–water partition coefficient (Wildman–Crippen LogP) is 33.3. The van der Waals surface area contributed by atoms with Crippen molar-refractivity contribution in [1.29, 1.82) is 0 Å². The summed E-state index contributed by atoms with van der Waals surface area (Å²) in [5.74, 6) is 0. The third-order valence-corrected chi connectivity index (χ3v) is 33.3. The van der Waals surface area contributed by atoms with Crippen LogP contribution in [0, 0.1) is 34.6 Å². The van der Waals surface area contributed by atoms with Crippen LogP contribution in [-0.2, 0) is 35.2 Å². The molecular formula is C125H90N5O6S4+5. The SMILES string of the molecule is Cc1ccccc1-c1c2oc3cc4oc5ccccc5c4cc3c2cc[n+]1C.Cc1ccccc1-c1c2oc3ccc4c5ccccc5oc4c3c2cc[n+]1C.Cc1ccccc1-c1c2oc3ccc4oc5ccccc5c4c3c2cc[n+]1C.Cc1ccccc1-c1c2sc3c(ccc4c5ccccc5sc43)c2cc[n+]1C.Cc1ccccc1-c1c2sc3c(ccc4sc5ccccc5c43)c2cc[n+]1C. The van der Waals surface area contributed by atoms with Crippen molar-refractivity contribution in [2.24, 2.45) is 35.2 Å². The number of thiophene rings is 4. The Balaban J connectivity index is 0.0000000900. The number of para-hydroxylation sites is 3. The molecule has 140 heavy (non-hydrogen) atoms. The molecule has 0 bridgehead atoms. The average Bonchev–Trinajstić information content (AvgIpc) is 1.59. The van der Waals surface area contributed by atoms with E-state index in [-0.39, 0.29) is 0 Å². The molecule has 15 heterocycles. The van der Waals surface area contributed by atoms with Crippen LogP contribution in [0.5, 0.6) is 0 Å². The van der Waals surface area contributed by atoms with Crippen LogP contribution in [0.3, 0.4) is 0 Å². The molecule has 0 aliphatic rings. The Labute approximate surface area is 819 Å². The highest BCUT2D eigenvalue weighted by Gasteiger charge is 2.31. The maximum absolute atomic E-state index is 6.44. The highest BCUT2D eigenvalue weighted by atomic mass is 32.1. The molecule has 670 valence electrons. The Morgan fingerprint density at radius 2 is 0.486 bits per heavy atom. The van der Waals surface area contributed by atoms with Gasteiger partial charge in [0.1, 0.15) is 94.9 Å². The number of benzene rings is 15. The van der Waals surface area contributed by atoms with Crippen LogP contribution in [0.1, 0.15) is 27.8 Å². The summed E-state index contributed by atoms with van der Waals surface area (Å²) in [6, 6.07) is 117. The number of fused-ring (bicyclic) bond motifs is 34. The van der Waals surface area contributed by atoms with Gasteiger partial charge in [-0.15, -0.1) is 45.3 Å². The van der Waals surface area contributed by atoms with Gasteiger partial charge in [-0.1, -0.05) is 200 Å². The summed E-state index contributed by atoms with van der Waals surface area (Å²) in [7, 11) is 10.5. The number of aryl methyl sites for hydroxylation is 10. The van der Waals surface area contributed by atoms with Crippen LogP contribution in [0.4, 0.5) is 0 Å². The summed E-state index contributed by atoms with van der Waals surface area (Å²) < 4.78 is 59.7. The number of furan rings is 6. The van der Waals surface area contributed by atoms with E-state index in [4.69, 9.17) is 26.5 Å². The Morgan fingerprint density at radius 3 is 1.04 bits per heavy atom.